The molecule has 0 aliphatic carbocycles. The average Bonchev–Trinajstić information content (AvgIpc) is 2.80. The highest BCUT2D eigenvalue weighted by molar-refractivity contribution is 5.16. The van der Waals surface area contributed by atoms with Crippen LogP contribution in [0.15, 0.2) is 30.3 Å². The maximum absolute atomic E-state index is 5.50. The van der Waals surface area contributed by atoms with Gasteiger partial charge in [0, 0.05) is 25.2 Å². The Morgan fingerprint density at radius 2 is 1.81 bits per heavy atom. The van der Waals surface area contributed by atoms with Crippen molar-refractivity contribution in [1.82, 2.24) is 4.90 Å². The van der Waals surface area contributed by atoms with Crippen molar-refractivity contribution >= 4 is 0 Å². The Morgan fingerprint density at radius 1 is 1.14 bits per heavy atom. The van der Waals surface area contributed by atoms with Gasteiger partial charge in [-0.1, -0.05) is 57.0 Å². The van der Waals surface area contributed by atoms with Gasteiger partial charge in [-0.15, -0.1) is 0 Å². The Labute approximate surface area is 130 Å². The van der Waals surface area contributed by atoms with Gasteiger partial charge >= 0.3 is 0 Å². The molecule has 0 saturated carbocycles. The van der Waals surface area contributed by atoms with Crippen LogP contribution in [0.3, 0.4) is 0 Å². The van der Waals surface area contributed by atoms with Crippen LogP contribution in [0.1, 0.15) is 57.9 Å². The molecule has 0 N–H and O–H groups in total. The fourth-order valence-electron chi connectivity index (χ4n) is 4.16. The monoisotopic (exact) mass is 289 g/mol. The quantitative estimate of drug-likeness (QED) is 0.691. The molecule has 1 aromatic rings. The highest BCUT2D eigenvalue weighted by atomic mass is 16.5. The summed E-state index contributed by atoms with van der Waals surface area (Å²) in [4.78, 5) is 2.76. The molecule has 0 bridgehead atoms. The van der Waals surface area contributed by atoms with E-state index in [1.807, 2.05) is 7.11 Å². The van der Waals surface area contributed by atoms with Crippen LogP contribution in [0.5, 0.6) is 0 Å². The van der Waals surface area contributed by atoms with E-state index in [9.17, 15) is 0 Å². The maximum Gasteiger partial charge on any atom is 0.0618 e. The normalized spacial score (nSPS) is 21.8. The zero-order valence-corrected chi connectivity index (χ0v) is 14.0. The van der Waals surface area contributed by atoms with Crippen LogP contribution in [0.4, 0.5) is 0 Å². The van der Waals surface area contributed by atoms with Crippen LogP contribution in [0.25, 0.3) is 0 Å². The first-order chi connectivity index (χ1) is 10.3. The summed E-state index contributed by atoms with van der Waals surface area (Å²) in [5, 5.41) is 0. The standard InChI is InChI=1S/C19H31NO/c1-4-12-19(13-5-2)14-11-18(16-21-3)20(19)15-17-9-7-6-8-10-17/h6-10,18H,4-5,11-16H2,1-3H3/t18-/m1/s1. The Morgan fingerprint density at radius 3 is 2.38 bits per heavy atom. The van der Waals surface area contributed by atoms with Crippen molar-refractivity contribution in [1.29, 1.82) is 0 Å². The number of ether oxygens (including phenoxy) is 1. The molecule has 1 atom stereocenters. The first kappa shape index (κ1) is 16.5. The number of benzene rings is 1. The second kappa shape index (κ2) is 7.95. The van der Waals surface area contributed by atoms with Crippen LogP contribution < -0.4 is 0 Å². The Bertz CT molecular complexity index is 397. The predicted molar refractivity (Wildman–Crippen MR) is 89.4 cm³/mol. The fourth-order valence-corrected chi connectivity index (χ4v) is 4.16. The lowest BCUT2D eigenvalue weighted by atomic mass is 9.86. The number of hydrogen-bond acceptors (Lipinski definition) is 2. The molecule has 1 saturated heterocycles. The molecule has 2 rings (SSSR count). The summed E-state index contributed by atoms with van der Waals surface area (Å²) in [5.74, 6) is 0. The van der Waals surface area contributed by atoms with E-state index in [0.717, 1.165) is 13.2 Å². The van der Waals surface area contributed by atoms with Gasteiger partial charge < -0.3 is 4.74 Å². The second-order valence-corrected chi connectivity index (χ2v) is 6.49. The van der Waals surface area contributed by atoms with Gasteiger partial charge in [0.1, 0.15) is 0 Å². The minimum absolute atomic E-state index is 0.391. The Balaban J connectivity index is 2.21. The number of likely N-dealkylation sites (tertiary alicyclic amines) is 1. The van der Waals surface area contributed by atoms with E-state index in [4.69, 9.17) is 4.74 Å². The molecule has 2 nitrogen and oxygen atoms in total. The van der Waals surface area contributed by atoms with Gasteiger partial charge in [0.25, 0.3) is 0 Å². The molecule has 0 aromatic heterocycles. The van der Waals surface area contributed by atoms with E-state index in [1.54, 1.807) is 0 Å². The second-order valence-electron chi connectivity index (χ2n) is 6.49. The molecule has 1 aliphatic rings. The van der Waals surface area contributed by atoms with Crippen LogP contribution in [-0.4, -0.2) is 30.2 Å². The van der Waals surface area contributed by atoms with E-state index in [2.05, 4.69) is 49.1 Å². The van der Waals surface area contributed by atoms with Crippen molar-refractivity contribution in [2.24, 2.45) is 0 Å². The summed E-state index contributed by atoms with van der Waals surface area (Å²) >= 11 is 0. The summed E-state index contributed by atoms with van der Waals surface area (Å²) in [6.45, 7) is 6.57. The minimum Gasteiger partial charge on any atom is -0.383 e. The summed E-state index contributed by atoms with van der Waals surface area (Å²) in [5.41, 5.74) is 1.82. The molecule has 0 radical (unpaired) electrons. The first-order valence-electron chi connectivity index (χ1n) is 8.55. The molecule has 1 aliphatic heterocycles. The van der Waals surface area contributed by atoms with E-state index in [1.165, 1.54) is 44.1 Å². The van der Waals surface area contributed by atoms with Gasteiger partial charge in [-0.3, -0.25) is 4.90 Å². The van der Waals surface area contributed by atoms with Gasteiger partial charge in [-0.2, -0.15) is 0 Å². The minimum atomic E-state index is 0.391. The number of methoxy groups -OCH3 is 1. The van der Waals surface area contributed by atoms with Gasteiger partial charge in [0.2, 0.25) is 0 Å². The third-order valence-electron chi connectivity index (χ3n) is 4.98. The Hall–Kier alpha value is -0.860. The van der Waals surface area contributed by atoms with E-state index in [-0.39, 0.29) is 0 Å². The topological polar surface area (TPSA) is 12.5 Å². The Kier molecular flexibility index (Phi) is 6.25. The van der Waals surface area contributed by atoms with Crippen molar-refractivity contribution in [2.45, 2.75) is 70.5 Å². The third kappa shape index (κ3) is 3.87. The average molecular weight is 289 g/mol. The number of nitrogens with zero attached hydrogens (tertiary/aromatic N) is 1. The molecule has 0 unspecified atom stereocenters. The van der Waals surface area contributed by atoms with Crippen LogP contribution >= 0.6 is 0 Å². The molecule has 1 heterocycles. The number of rotatable bonds is 8. The summed E-state index contributed by atoms with van der Waals surface area (Å²) in [7, 11) is 1.83. The molecule has 21 heavy (non-hydrogen) atoms. The molecule has 1 fully saturated rings. The number of hydrogen-bond donors (Lipinski definition) is 0. The maximum atomic E-state index is 5.50. The van der Waals surface area contributed by atoms with Crippen molar-refractivity contribution in [3.8, 4) is 0 Å². The van der Waals surface area contributed by atoms with E-state index in [0.29, 0.717) is 11.6 Å². The largest absolute Gasteiger partial charge is 0.383 e. The lowest BCUT2D eigenvalue weighted by Crippen LogP contribution is -2.48. The van der Waals surface area contributed by atoms with Gasteiger partial charge in [-0.25, -0.2) is 0 Å². The fraction of sp³-hybridized carbons (Fsp3) is 0.684. The van der Waals surface area contributed by atoms with Gasteiger partial charge in [0.15, 0.2) is 0 Å². The van der Waals surface area contributed by atoms with E-state index < -0.39 is 0 Å². The summed E-state index contributed by atoms with van der Waals surface area (Å²) < 4.78 is 5.50. The van der Waals surface area contributed by atoms with Crippen LogP contribution in [0, 0.1) is 0 Å². The van der Waals surface area contributed by atoms with Crippen molar-refractivity contribution in [3.63, 3.8) is 0 Å². The van der Waals surface area contributed by atoms with Crippen molar-refractivity contribution in [2.75, 3.05) is 13.7 Å². The highest BCUT2D eigenvalue weighted by Crippen LogP contribution is 2.42. The molecule has 0 spiro atoms. The lowest BCUT2D eigenvalue weighted by molar-refractivity contribution is 0.0346. The molecule has 2 heteroatoms. The first-order valence-corrected chi connectivity index (χ1v) is 8.55. The van der Waals surface area contributed by atoms with Crippen molar-refractivity contribution < 1.29 is 4.74 Å². The molecule has 1 aromatic carbocycles. The zero-order chi connectivity index (χ0) is 15.1. The third-order valence-corrected chi connectivity index (χ3v) is 4.98. The van der Waals surface area contributed by atoms with E-state index >= 15 is 0 Å². The lowest BCUT2D eigenvalue weighted by Gasteiger charge is -2.41. The summed E-state index contributed by atoms with van der Waals surface area (Å²) in [6.07, 6.45) is 7.77. The highest BCUT2D eigenvalue weighted by Gasteiger charge is 2.44. The van der Waals surface area contributed by atoms with Crippen molar-refractivity contribution in [3.05, 3.63) is 35.9 Å². The molecule has 0 amide bonds. The van der Waals surface area contributed by atoms with Gasteiger partial charge in [0.05, 0.1) is 6.61 Å². The summed E-state index contributed by atoms with van der Waals surface area (Å²) in [6, 6.07) is 11.5. The molecular weight excluding hydrogens is 258 g/mol. The predicted octanol–water partition coefficient (Wildman–Crippen LogP) is 4.64. The molecular formula is C19H31NO. The SMILES string of the molecule is CCCC1(CCC)CC[C@H](COC)N1Cc1ccccc1. The molecule has 118 valence electrons. The van der Waals surface area contributed by atoms with Crippen LogP contribution in [-0.2, 0) is 11.3 Å². The van der Waals surface area contributed by atoms with Gasteiger partial charge in [-0.05, 0) is 31.2 Å². The zero-order valence-electron chi connectivity index (χ0n) is 14.0. The van der Waals surface area contributed by atoms with Crippen LogP contribution in [0.2, 0.25) is 0 Å². The smallest absolute Gasteiger partial charge is 0.0618 e.